The Hall–Kier alpha value is -2.52. The molecule has 3 aromatic rings. The molecule has 0 saturated carbocycles. The highest BCUT2D eigenvalue weighted by Crippen LogP contribution is 2.43. The third kappa shape index (κ3) is 5.25. The number of benzene rings is 3. The summed E-state index contributed by atoms with van der Waals surface area (Å²) in [5.74, 6) is 1.17. The predicted octanol–water partition coefficient (Wildman–Crippen LogP) is 5.77. The largest absolute Gasteiger partial charge is 0.493 e. The maximum absolute atomic E-state index is 13.8. The van der Waals surface area contributed by atoms with E-state index in [1.807, 2.05) is 72.8 Å². The molecule has 5 nitrogen and oxygen atoms in total. The fraction of sp³-hybridized carbons (Fsp3) is 0.259. The van der Waals surface area contributed by atoms with Crippen LogP contribution in [0.3, 0.4) is 0 Å². The van der Waals surface area contributed by atoms with E-state index >= 15 is 0 Å². The van der Waals surface area contributed by atoms with Crippen LogP contribution in [0.1, 0.15) is 16.7 Å². The van der Waals surface area contributed by atoms with Gasteiger partial charge in [0.25, 0.3) is 5.24 Å². The van der Waals surface area contributed by atoms with Gasteiger partial charge in [-0.25, -0.2) is 0 Å². The molecule has 0 bridgehead atoms. The van der Waals surface area contributed by atoms with Gasteiger partial charge in [-0.2, -0.15) is 0 Å². The standard InChI is InChI=1S/C27H26INO4S/c1-32-23-15-21(22(28)16-24(23)33-2)13-14-29-25(30)27(34-26(29)31,17-19-9-5-3-6-10-19)18-20-11-7-4-8-12-20/h3-12,15-16H,13-14,17-18H2,1-2H3. The molecular weight excluding hydrogens is 561 g/mol. The fourth-order valence-electron chi connectivity index (χ4n) is 4.24. The molecule has 0 radical (unpaired) electrons. The van der Waals surface area contributed by atoms with Gasteiger partial charge in [-0.3, -0.25) is 14.5 Å². The van der Waals surface area contributed by atoms with Gasteiger partial charge in [-0.1, -0.05) is 60.7 Å². The van der Waals surface area contributed by atoms with Crippen LogP contribution in [0.2, 0.25) is 0 Å². The molecule has 1 saturated heterocycles. The Balaban J connectivity index is 1.59. The number of thioether (sulfide) groups is 1. The number of halogens is 1. The minimum atomic E-state index is -0.857. The van der Waals surface area contributed by atoms with Crippen LogP contribution in [0.4, 0.5) is 4.79 Å². The molecule has 1 aliphatic heterocycles. The quantitative estimate of drug-likeness (QED) is 0.298. The molecule has 3 aromatic carbocycles. The second-order valence-electron chi connectivity index (χ2n) is 8.19. The predicted molar refractivity (Wildman–Crippen MR) is 144 cm³/mol. The number of carbonyl (C=O) groups is 2. The van der Waals surface area contributed by atoms with E-state index in [0.717, 1.165) is 32.0 Å². The molecule has 0 N–H and O–H groups in total. The molecule has 2 amide bonds. The third-order valence-corrected chi connectivity index (χ3v) is 8.21. The second-order valence-corrected chi connectivity index (χ2v) is 10.7. The van der Waals surface area contributed by atoms with Crippen molar-refractivity contribution in [2.45, 2.75) is 24.0 Å². The zero-order chi connectivity index (χ0) is 24.1. The van der Waals surface area contributed by atoms with E-state index in [9.17, 15) is 9.59 Å². The molecule has 1 heterocycles. The van der Waals surface area contributed by atoms with Crippen molar-refractivity contribution in [1.29, 1.82) is 0 Å². The van der Waals surface area contributed by atoms with E-state index in [1.165, 1.54) is 4.90 Å². The van der Waals surface area contributed by atoms with Crippen LogP contribution >= 0.6 is 34.4 Å². The average Bonchev–Trinajstić information content (AvgIpc) is 3.07. The van der Waals surface area contributed by atoms with Crippen molar-refractivity contribution < 1.29 is 19.1 Å². The number of rotatable bonds is 9. The normalized spacial score (nSPS) is 15.0. The third-order valence-electron chi connectivity index (χ3n) is 5.96. The van der Waals surface area contributed by atoms with Crippen LogP contribution in [0.15, 0.2) is 72.8 Å². The van der Waals surface area contributed by atoms with Gasteiger partial charge in [-0.05, 0) is 82.4 Å². The molecule has 0 aromatic heterocycles. The van der Waals surface area contributed by atoms with E-state index in [4.69, 9.17) is 9.47 Å². The summed E-state index contributed by atoms with van der Waals surface area (Å²) in [5, 5.41) is -0.188. The topological polar surface area (TPSA) is 55.8 Å². The molecule has 176 valence electrons. The van der Waals surface area contributed by atoms with Gasteiger partial charge < -0.3 is 9.47 Å². The maximum atomic E-state index is 13.8. The van der Waals surface area contributed by atoms with Gasteiger partial charge in [0, 0.05) is 10.1 Å². The molecule has 7 heteroatoms. The lowest BCUT2D eigenvalue weighted by Crippen LogP contribution is -2.43. The lowest BCUT2D eigenvalue weighted by Gasteiger charge is -2.26. The highest BCUT2D eigenvalue weighted by Gasteiger charge is 2.52. The van der Waals surface area contributed by atoms with Crippen molar-refractivity contribution in [3.8, 4) is 11.5 Å². The average molecular weight is 587 g/mol. The van der Waals surface area contributed by atoms with Crippen LogP contribution in [0.5, 0.6) is 11.5 Å². The second kappa shape index (κ2) is 10.8. The van der Waals surface area contributed by atoms with Crippen LogP contribution in [-0.4, -0.2) is 41.6 Å². The zero-order valence-corrected chi connectivity index (χ0v) is 22.1. The first kappa shape index (κ1) is 24.6. The van der Waals surface area contributed by atoms with Crippen molar-refractivity contribution in [3.05, 3.63) is 93.1 Å². The number of carbonyl (C=O) groups excluding carboxylic acids is 2. The first-order valence-corrected chi connectivity index (χ1v) is 12.9. The summed E-state index contributed by atoms with van der Waals surface area (Å²) in [6.07, 6.45) is 1.55. The Morgan fingerprint density at radius 2 is 1.38 bits per heavy atom. The van der Waals surface area contributed by atoms with Crippen molar-refractivity contribution in [2.75, 3.05) is 20.8 Å². The van der Waals surface area contributed by atoms with Gasteiger partial charge in [0.1, 0.15) is 4.75 Å². The maximum Gasteiger partial charge on any atom is 0.289 e. The minimum Gasteiger partial charge on any atom is -0.493 e. The Bertz CT molecular complexity index is 1130. The van der Waals surface area contributed by atoms with Crippen LogP contribution in [0.25, 0.3) is 0 Å². The summed E-state index contributed by atoms with van der Waals surface area (Å²) in [4.78, 5) is 28.4. The van der Waals surface area contributed by atoms with Crippen LogP contribution < -0.4 is 9.47 Å². The summed E-state index contributed by atoms with van der Waals surface area (Å²) in [5.41, 5.74) is 3.10. The fourth-order valence-corrected chi connectivity index (χ4v) is 6.25. The Kier molecular flexibility index (Phi) is 7.83. The molecule has 34 heavy (non-hydrogen) atoms. The van der Waals surface area contributed by atoms with Gasteiger partial charge in [0.2, 0.25) is 5.91 Å². The van der Waals surface area contributed by atoms with Crippen molar-refractivity contribution in [2.24, 2.45) is 0 Å². The first-order chi connectivity index (χ1) is 16.5. The van der Waals surface area contributed by atoms with Crippen molar-refractivity contribution in [1.82, 2.24) is 4.90 Å². The van der Waals surface area contributed by atoms with E-state index < -0.39 is 4.75 Å². The monoisotopic (exact) mass is 587 g/mol. The Labute approximate surface area is 218 Å². The van der Waals surface area contributed by atoms with Crippen LogP contribution in [-0.2, 0) is 24.1 Å². The Morgan fingerprint density at radius 1 is 0.853 bits per heavy atom. The SMILES string of the molecule is COc1cc(I)c(CCN2C(=O)SC(Cc3ccccc3)(Cc3ccccc3)C2=O)cc1OC. The Morgan fingerprint density at radius 3 is 1.91 bits per heavy atom. The van der Waals surface area contributed by atoms with Gasteiger partial charge in [0.05, 0.1) is 14.2 Å². The summed E-state index contributed by atoms with van der Waals surface area (Å²) < 4.78 is 10.9. The number of hydrogen-bond donors (Lipinski definition) is 0. The summed E-state index contributed by atoms with van der Waals surface area (Å²) in [6, 6.07) is 23.7. The van der Waals surface area contributed by atoms with Crippen molar-refractivity contribution in [3.63, 3.8) is 0 Å². The van der Waals surface area contributed by atoms with Gasteiger partial charge in [-0.15, -0.1) is 0 Å². The van der Waals surface area contributed by atoms with E-state index in [0.29, 0.717) is 37.3 Å². The highest BCUT2D eigenvalue weighted by atomic mass is 127. The minimum absolute atomic E-state index is 0.120. The lowest BCUT2D eigenvalue weighted by atomic mass is 9.90. The van der Waals surface area contributed by atoms with E-state index in [1.54, 1.807) is 14.2 Å². The molecule has 0 spiro atoms. The summed E-state index contributed by atoms with van der Waals surface area (Å²) >= 11 is 3.41. The number of methoxy groups -OCH3 is 2. The van der Waals surface area contributed by atoms with Gasteiger partial charge in [0.15, 0.2) is 11.5 Å². The van der Waals surface area contributed by atoms with E-state index in [2.05, 4.69) is 22.6 Å². The molecule has 1 aliphatic rings. The molecule has 0 aliphatic carbocycles. The lowest BCUT2D eigenvalue weighted by molar-refractivity contribution is -0.129. The smallest absolute Gasteiger partial charge is 0.289 e. The molecule has 0 atom stereocenters. The van der Waals surface area contributed by atoms with Crippen LogP contribution in [0, 0.1) is 3.57 Å². The number of hydrogen-bond acceptors (Lipinski definition) is 5. The number of nitrogens with zero attached hydrogens (tertiary/aromatic N) is 1. The molecule has 4 rings (SSSR count). The summed E-state index contributed by atoms with van der Waals surface area (Å²) in [7, 11) is 3.20. The van der Waals surface area contributed by atoms with E-state index in [-0.39, 0.29) is 11.1 Å². The van der Waals surface area contributed by atoms with Gasteiger partial charge >= 0.3 is 0 Å². The molecule has 0 unspecified atom stereocenters. The highest BCUT2D eigenvalue weighted by molar-refractivity contribution is 14.1. The number of imide groups is 1. The number of ether oxygens (including phenoxy) is 2. The molecular formula is C27H26INO4S. The van der Waals surface area contributed by atoms with Crippen molar-refractivity contribution >= 4 is 45.5 Å². The first-order valence-electron chi connectivity index (χ1n) is 11.0. The zero-order valence-electron chi connectivity index (χ0n) is 19.1. The summed E-state index contributed by atoms with van der Waals surface area (Å²) in [6.45, 7) is 0.321. The number of amides is 2. The molecule has 1 fully saturated rings.